The van der Waals surface area contributed by atoms with Crippen LogP contribution in [0.3, 0.4) is 0 Å². The van der Waals surface area contributed by atoms with E-state index in [2.05, 4.69) is 145 Å². The van der Waals surface area contributed by atoms with Crippen LogP contribution in [0.4, 0.5) is 0 Å². The molecule has 0 aliphatic carbocycles. The third-order valence-corrected chi connectivity index (χ3v) is 13.6. The fourth-order valence-corrected chi connectivity index (χ4v) is 10.6. The molecule has 260 valence electrons. The molecule has 0 atom stereocenters. The number of thiophene rings is 2. The summed E-state index contributed by atoms with van der Waals surface area (Å²) < 4.78 is 8.27. The predicted octanol–water partition coefficient (Wildman–Crippen LogP) is 14.4. The molecule has 10 aromatic rings. The number of halogens is 3. The molecule has 10 rings (SSSR count). The number of fused-ring (bicyclic) bond motifs is 8. The van der Waals surface area contributed by atoms with Gasteiger partial charge in [0.25, 0.3) is 0 Å². The van der Waals surface area contributed by atoms with Crippen molar-refractivity contribution in [2.45, 2.75) is 7.43 Å². The Labute approximate surface area is 341 Å². The van der Waals surface area contributed by atoms with E-state index < -0.39 is 7.12 Å². The normalized spacial score (nSPS) is 11.0. The molecule has 0 saturated heterocycles. The molecule has 0 aliphatic rings. The van der Waals surface area contributed by atoms with Crippen molar-refractivity contribution in [2.75, 3.05) is 0 Å². The van der Waals surface area contributed by atoms with E-state index in [0.29, 0.717) is 5.46 Å². The van der Waals surface area contributed by atoms with E-state index in [9.17, 15) is 10.0 Å². The lowest BCUT2D eigenvalue weighted by molar-refractivity contribution is 0.426. The Morgan fingerprint density at radius 2 is 0.755 bits per heavy atom. The Morgan fingerprint density at radius 1 is 0.358 bits per heavy atom. The van der Waals surface area contributed by atoms with E-state index in [0.717, 1.165) is 23.5 Å². The average Bonchev–Trinajstić information content (AvgIpc) is 3.76. The van der Waals surface area contributed by atoms with Gasteiger partial charge in [0, 0.05) is 53.9 Å². The molecule has 0 amide bonds. The van der Waals surface area contributed by atoms with Crippen molar-refractivity contribution in [3.63, 3.8) is 0 Å². The van der Waals surface area contributed by atoms with Gasteiger partial charge in [0.05, 0.1) is 0 Å². The van der Waals surface area contributed by atoms with Crippen LogP contribution in [0.15, 0.2) is 171 Å². The molecule has 0 saturated carbocycles. The van der Waals surface area contributed by atoms with Crippen LogP contribution in [0.1, 0.15) is 7.43 Å². The summed E-state index contributed by atoms with van der Waals surface area (Å²) in [4.78, 5) is 0. The average molecular weight is 919 g/mol. The molecule has 0 unspecified atom stereocenters. The third-order valence-electron chi connectivity index (χ3n) is 9.10. The van der Waals surface area contributed by atoms with Gasteiger partial charge < -0.3 is 10.0 Å². The molecule has 0 fully saturated rings. The maximum Gasteiger partial charge on any atom is 0.489 e. The zero-order valence-electron chi connectivity index (χ0n) is 27.4. The van der Waals surface area contributed by atoms with E-state index in [-0.39, 0.29) is 7.43 Å². The minimum atomic E-state index is -1.41. The molecule has 0 radical (unpaired) electrons. The number of hydrogen-bond acceptors (Lipinski definition) is 4. The van der Waals surface area contributed by atoms with Crippen LogP contribution in [0.5, 0.6) is 0 Å². The second-order valence-electron chi connectivity index (χ2n) is 12.2. The fraction of sp³-hybridized carbons (Fsp3) is 0.0222. The molecule has 8 heteroatoms. The Kier molecular flexibility index (Phi) is 11.5. The Balaban J connectivity index is 0.000000130. The summed E-state index contributed by atoms with van der Waals surface area (Å²) >= 11 is 14.2. The van der Waals surface area contributed by atoms with Crippen LogP contribution >= 0.6 is 70.5 Å². The van der Waals surface area contributed by atoms with E-state index in [4.69, 9.17) is 0 Å². The van der Waals surface area contributed by atoms with Crippen molar-refractivity contribution in [2.24, 2.45) is 0 Å². The third kappa shape index (κ3) is 7.34. The highest BCUT2D eigenvalue weighted by molar-refractivity contribution is 9.11. The smallest absolute Gasteiger partial charge is 0.423 e. The summed E-state index contributed by atoms with van der Waals surface area (Å²) in [6.45, 7) is 0. The SMILES string of the molecule is Brc1ccc(-c2cccc3c2sc2ccccc23)c2ccccc12.Brc1ccc(Br)c2ccccc12.C.OB(O)c1cccc2c1sc1ccccc12. The zero-order chi connectivity index (χ0) is 35.8. The molecular formula is C45H32BBr3O2S2. The Bertz CT molecular complexity index is 2860. The number of hydrogen-bond donors (Lipinski definition) is 2. The summed E-state index contributed by atoms with van der Waals surface area (Å²) in [7, 11) is -1.41. The quantitative estimate of drug-likeness (QED) is 0.170. The first-order chi connectivity index (χ1) is 25.4. The van der Waals surface area contributed by atoms with Crippen molar-refractivity contribution in [1.82, 2.24) is 0 Å². The lowest BCUT2D eigenvalue weighted by Gasteiger charge is -2.09. The summed E-state index contributed by atoms with van der Waals surface area (Å²) in [5.41, 5.74) is 3.20. The summed E-state index contributed by atoms with van der Waals surface area (Å²) in [6, 6.07) is 54.4. The van der Waals surface area contributed by atoms with Crippen molar-refractivity contribution in [1.29, 1.82) is 0 Å². The summed E-state index contributed by atoms with van der Waals surface area (Å²) in [5, 5.41) is 28.6. The predicted molar refractivity (Wildman–Crippen MR) is 245 cm³/mol. The number of benzene rings is 8. The van der Waals surface area contributed by atoms with Gasteiger partial charge in [0.2, 0.25) is 0 Å². The highest BCUT2D eigenvalue weighted by Crippen LogP contribution is 2.42. The minimum Gasteiger partial charge on any atom is -0.423 e. The maximum absolute atomic E-state index is 9.31. The van der Waals surface area contributed by atoms with E-state index in [1.165, 1.54) is 62.9 Å². The Hall–Kier alpha value is -3.86. The van der Waals surface area contributed by atoms with Gasteiger partial charge >= 0.3 is 7.12 Å². The van der Waals surface area contributed by atoms with Gasteiger partial charge in [-0.1, -0.05) is 183 Å². The molecule has 2 N–H and O–H groups in total. The molecule has 0 aliphatic heterocycles. The molecule has 0 spiro atoms. The van der Waals surface area contributed by atoms with Crippen LogP contribution < -0.4 is 5.46 Å². The number of rotatable bonds is 2. The first-order valence-corrected chi connectivity index (χ1v) is 20.6. The molecule has 0 bridgehead atoms. The first kappa shape index (κ1) is 37.5. The lowest BCUT2D eigenvalue weighted by atomic mass is 9.80. The van der Waals surface area contributed by atoms with E-state index in [1.807, 2.05) is 65.9 Å². The molecule has 53 heavy (non-hydrogen) atoms. The van der Waals surface area contributed by atoms with Crippen LogP contribution in [0.2, 0.25) is 0 Å². The monoisotopic (exact) mass is 916 g/mol. The van der Waals surface area contributed by atoms with Crippen LogP contribution in [0.25, 0.3) is 73.0 Å². The summed E-state index contributed by atoms with van der Waals surface area (Å²) in [5.74, 6) is 0. The van der Waals surface area contributed by atoms with Crippen molar-refractivity contribution < 1.29 is 10.0 Å². The van der Waals surface area contributed by atoms with Gasteiger partial charge in [-0.05, 0) is 68.3 Å². The van der Waals surface area contributed by atoms with Gasteiger partial charge in [0.1, 0.15) is 0 Å². The van der Waals surface area contributed by atoms with Gasteiger partial charge in [-0.25, -0.2) is 0 Å². The van der Waals surface area contributed by atoms with Crippen molar-refractivity contribution in [3.8, 4) is 11.1 Å². The van der Waals surface area contributed by atoms with Gasteiger partial charge in [-0.3, -0.25) is 0 Å². The zero-order valence-corrected chi connectivity index (χ0v) is 33.8. The Morgan fingerprint density at radius 3 is 1.30 bits per heavy atom. The second kappa shape index (κ2) is 16.3. The first-order valence-electron chi connectivity index (χ1n) is 16.6. The van der Waals surface area contributed by atoms with Gasteiger partial charge in [-0.2, -0.15) is 0 Å². The summed E-state index contributed by atoms with van der Waals surface area (Å²) in [6.07, 6.45) is 0. The van der Waals surface area contributed by atoms with Crippen LogP contribution in [-0.4, -0.2) is 17.2 Å². The van der Waals surface area contributed by atoms with E-state index >= 15 is 0 Å². The van der Waals surface area contributed by atoms with Gasteiger partial charge in [0.15, 0.2) is 0 Å². The molecule has 2 heterocycles. The van der Waals surface area contributed by atoms with Crippen LogP contribution in [0, 0.1) is 0 Å². The lowest BCUT2D eigenvalue weighted by Crippen LogP contribution is -2.29. The largest absolute Gasteiger partial charge is 0.489 e. The molecule has 2 aromatic heterocycles. The molecule has 8 aromatic carbocycles. The topological polar surface area (TPSA) is 40.5 Å². The fourth-order valence-electron chi connectivity index (χ4n) is 6.65. The molecule has 2 nitrogen and oxygen atoms in total. The van der Waals surface area contributed by atoms with Crippen molar-refractivity contribution >= 4 is 145 Å². The second-order valence-corrected chi connectivity index (χ2v) is 16.9. The van der Waals surface area contributed by atoms with Gasteiger partial charge in [-0.15, -0.1) is 22.7 Å². The molecular weight excluding hydrogens is 887 g/mol. The highest BCUT2D eigenvalue weighted by atomic mass is 79.9. The standard InChI is InChI=1S/C22H13BrS.C12H9BO2S.C10H6Br2.CH4/c23-20-13-12-15(14-6-1-2-7-16(14)20)18-9-5-10-19-17-8-3-4-11-21(17)24-22(18)19;14-13(15)10-6-3-5-9-8-4-1-2-7-11(8)16-12(9)10;11-9-5-6-10(12)8-4-2-1-3-7(8)9;/h1-13H;1-7,14-15H;1-6H;1H4. The minimum absolute atomic E-state index is 0. The maximum atomic E-state index is 9.31. The van der Waals surface area contributed by atoms with E-state index in [1.54, 1.807) is 17.4 Å². The highest BCUT2D eigenvalue weighted by Gasteiger charge is 2.17. The van der Waals surface area contributed by atoms with Crippen LogP contribution in [-0.2, 0) is 0 Å². The van der Waals surface area contributed by atoms with Crippen molar-refractivity contribution in [3.05, 3.63) is 171 Å².